The van der Waals surface area contributed by atoms with Crippen LogP contribution in [0, 0.1) is 0 Å². The molecule has 0 unspecified atom stereocenters. The second-order valence-electron chi connectivity index (χ2n) is 5.68. The fourth-order valence-corrected chi connectivity index (χ4v) is 2.93. The van der Waals surface area contributed by atoms with Gasteiger partial charge in [0, 0.05) is 37.6 Å². The third-order valence-electron chi connectivity index (χ3n) is 4.17. The van der Waals surface area contributed by atoms with Gasteiger partial charge in [-0.2, -0.15) is 0 Å². The minimum Gasteiger partial charge on any atom is -0.371 e. The molecule has 3 rings (SSSR count). The van der Waals surface area contributed by atoms with Crippen molar-refractivity contribution >= 4 is 5.69 Å². The molecular weight excluding hydrogens is 258 g/mol. The molecule has 3 heteroatoms. The molecule has 2 aromatic rings. The Morgan fingerprint density at radius 2 is 1.86 bits per heavy atom. The highest BCUT2D eigenvalue weighted by Crippen LogP contribution is 2.24. The van der Waals surface area contributed by atoms with Gasteiger partial charge < -0.3 is 10.2 Å². The van der Waals surface area contributed by atoms with Crippen molar-refractivity contribution in [3.63, 3.8) is 0 Å². The van der Waals surface area contributed by atoms with Crippen molar-refractivity contribution in [3.8, 4) is 0 Å². The monoisotopic (exact) mass is 281 g/mol. The summed E-state index contributed by atoms with van der Waals surface area (Å²) in [5.41, 5.74) is 3.86. The van der Waals surface area contributed by atoms with Gasteiger partial charge in [0.1, 0.15) is 0 Å². The molecule has 1 saturated heterocycles. The Balaban J connectivity index is 1.68. The number of hydrogen-bond acceptors (Lipinski definition) is 3. The van der Waals surface area contributed by atoms with Crippen LogP contribution in [-0.2, 0) is 6.54 Å². The van der Waals surface area contributed by atoms with Crippen LogP contribution in [0.3, 0.4) is 0 Å². The molecule has 1 aliphatic heterocycles. The molecule has 2 heterocycles. The van der Waals surface area contributed by atoms with Gasteiger partial charge in [0.2, 0.25) is 0 Å². The van der Waals surface area contributed by atoms with Crippen LogP contribution in [0.5, 0.6) is 0 Å². The third-order valence-corrected chi connectivity index (χ3v) is 4.17. The Kier molecular flexibility index (Phi) is 4.51. The predicted molar refractivity (Wildman–Crippen MR) is 87.4 cm³/mol. The minimum atomic E-state index is 0.262. The highest BCUT2D eigenvalue weighted by atomic mass is 15.1. The van der Waals surface area contributed by atoms with Crippen LogP contribution in [-0.4, -0.2) is 18.1 Å². The summed E-state index contributed by atoms with van der Waals surface area (Å²) in [6, 6.07) is 15.1. The van der Waals surface area contributed by atoms with E-state index in [2.05, 4.69) is 52.5 Å². The van der Waals surface area contributed by atoms with Gasteiger partial charge in [0.15, 0.2) is 0 Å². The number of rotatable bonds is 5. The first-order valence-corrected chi connectivity index (χ1v) is 7.82. The molecule has 0 saturated carbocycles. The lowest BCUT2D eigenvalue weighted by atomic mass is 10.1. The highest BCUT2D eigenvalue weighted by Gasteiger charge is 2.15. The zero-order valence-electron chi connectivity index (χ0n) is 12.6. The maximum absolute atomic E-state index is 4.42. The lowest BCUT2D eigenvalue weighted by Gasteiger charge is -2.22. The molecule has 0 radical (unpaired) electrons. The quantitative estimate of drug-likeness (QED) is 0.908. The van der Waals surface area contributed by atoms with Gasteiger partial charge in [0.05, 0.1) is 5.69 Å². The Bertz CT molecular complexity index is 562. The standard InChI is InChI=1S/C18H23N3/c1-15(17-9-4-5-11-19-17)20-14-16-8-2-3-10-18(16)21-12-6-7-13-21/h2-5,8-11,15,20H,6-7,12-14H2,1H3/t15-/m0/s1. The van der Waals surface area contributed by atoms with E-state index < -0.39 is 0 Å². The molecule has 0 amide bonds. The van der Waals surface area contributed by atoms with E-state index in [9.17, 15) is 0 Å². The van der Waals surface area contributed by atoms with Crippen LogP contribution in [0.1, 0.15) is 37.1 Å². The SMILES string of the molecule is C[C@H](NCc1ccccc1N1CCCC1)c1ccccn1. The second kappa shape index (κ2) is 6.72. The van der Waals surface area contributed by atoms with Gasteiger partial charge in [0.25, 0.3) is 0 Å². The summed E-state index contributed by atoms with van der Waals surface area (Å²) in [6.07, 6.45) is 4.48. The van der Waals surface area contributed by atoms with E-state index in [4.69, 9.17) is 0 Å². The van der Waals surface area contributed by atoms with Crippen LogP contribution in [0.2, 0.25) is 0 Å². The van der Waals surface area contributed by atoms with E-state index in [-0.39, 0.29) is 6.04 Å². The van der Waals surface area contributed by atoms with Crippen molar-refractivity contribution < 1.29 is 0 Å². The number of aromatic nitrogens is 1. The third kappa shape index (κ3) is 3.42. The lowest BCUT2D eigenvalue weighted by molar-refractivity contribution is 0.561. The van der Waals surface area contributed by atoms with Crippen molar-refractivity contribution in [2.45, 2.75) is 32.4 Å². The summed E-state index contributed by atoms with van der Waals surface area (Å²) in [6.45, 7) is 5.42. The summed E-state index contributed by atoms with van der Waals surface area (Å²) in [5.74, 6) is 0. The van der Waals surface area contributed by atoms with Crippen molar-refractivity contribution in [2.24, 2.45) is 0 Å². The van der Waals surface area contributed by atoms with Gasteiger partial charge in [-0.05, 0) is 43.5 Å². The average molecular weight is 281 g/mol. The summed E-state index contributed by atoms with van der Waals surface area (Å²) in [7, 11) is 0. The topological polar surface area (TPSA) is 28.2 Å². The van der Waals surface area contributed by atoms with Gasteiger partial charge in [-0.3, -0.25) is 4.98 Å². The van der Waals surface area contributed by atoms with Crippen LogP contribution in [0.4, 0.5) is 5.69 Å². The van der Waals surface area contributed by atoms with Gasteiger partial charge in [-0.25, -0.2) is 0 Å². The number of pyridine rings is 1. The van der Waals surface area contributed by atoms with Crippen LogP contribution in [0.25, 0.3) is 0 Å². The highest BCUT2D eigenvalue weighted by molar-refractivity contribution is 5.54. The molecule has 1 fully saturated rings. The Morgan fingerprint density at radius 3 is 2.62 bits per heavy atom. The number of nitrogens with zero attached hydrogens (tertiary/aromatic N) is 2. The fourth-order valence-electron chi connectivity index (χ4n) is 2.93. The Morgan fingerprint density at radius 1 is 1.10 bits per heavy atom. The molecule has 21 heavy (non-hydrogen) atoms. The Labute approximate surface area is 127 Å². The fraction of sp³-hybridized carbons (Fsp3) is 0.389. The van der Waals surface area contributed by atoms with Crippen molar-refractivity contribution in [2.75, 3.05) is 18.0 Å². The van der Waals surface area contributed by atoms with E-state index in [1.54, 1.807) is 0 Å². The largest absolute Gasteiger partial charge is 0.371 e. The predicted octanol–water partition coefficient (Wildman–Crippen LogP) is 3.53. The molecule has 1 atom stereocenters. The van der Waals surface area contributed by atoms with Crippen molar-refractivity contribution in [3.05, 3.63) is 59.9 Å². The Hall–Kier alpha value is -1.87. The molecule has 3 nitrogen and oxygen atoms in total. The van der Waals surface area contributed by atoms with Crippen LogP contribution < -0.4 is 10.2 Å². The summed E-state index contributed by atoms with van der Waals surface area (Å²) >= 11 is 0. The van der Waals surface area contributed by atoms with E-state index in [0.717, 1.165) is 12.2 Å². The molecule has 1 aliphatic rings. The number of benzene rings is 1. The molecular formula is C18H23N3. The maximum atomic E-state index is 4.42. The first-order valence-electron chi connectivity index (χ1n) is 7.82. The summed E-state index contributed by atoms with van der Waals surface area (Å²) in [4.78, 5) is 6.92. The van der Waals surface area contributed by atoms with Crippen LogP contribution in [0.15, 0.2) is 48.7 Å². The molecule has 0 spiro atoms. The van der Waals surface area contributed by atoms with E-state index >= 15 is 0 Å². The van der Waals surface area contributed by atoms with Gasteiger partial charge in [-0.15, -0.1) is 0 Å². The van der Waals surface area contributed by atoms with E-state index in [1.807, 2.05) is 18.3 Å². The zero-order chi connectivity index (χ0) is 14.5. The molecule has 1 aromatic carbocycles. The number of nitrogens with one attached hydrogen (secondary N) is 1. The number of hydrogen-bond donors (Lipinski definition) is 1. The number of para-hydroxylation sites is 1. The summed E-state index contributed by atoms with van der Waals surface area (Å²) in [5, 5.41) is 3.59. The molecule has 1 aromatic heterocycles. The minimum absolute atomic E-state index is 0.262. The van der Waals surface area contributed by atoms with Crippen molar-refractivity contribution in [1.82, 2.24) is 10.3 Å². The van der Waals surface area contributed by atoms with Gasteiger partial charge >= 0.3 is 0 Å². The first kappa shape index (κ1) is 14.1. The lowest BCUT2D eigenvalue weighted by Crippen LogP contribution is -2.23. The second-order valence-corrected chi connectivity index (χ2v) is 5.68. The number of anilines is 1. The molecule has 0 aliphatic carbocycles. The normalized spacial score (nSPS) is 16.1. The van der Waals surface area contributed by atoms with Gasteiger partial charge in [-0.1, -0.05) is 24.3 Å². The van der Waals surface area contributed by atoms with E-state index in [0.29, 0.717) is 0 Å². The van der Waals surface area contributed by atoms with Crippen molar-refractivity contribution in [1.29, 1.82) is 0 Å². The zero-order valence-corrected chi connectivity index (χ0v) is 12.6. The van der Waals surface area contributed by atoms with Crippen LogP contribution >= 0.6 is 0 Å². The average Bonchev–Trinajstić information content (AvgIpc) is 3.08. The molecule has 0 bridgehead atoms. The van der Waals surface area contributed by atoms with E-state index in [1.165, 1.54) is 37.2 Å². The maximum Gasteiger partial charge on any atom is 0.0570 e. The first-order chi connectivity index (χ1) is 10.3. The molecule has 1 N–H and O–H groups in total. The summed E-state index contributed by atoms with van der Waals surface area (Å²) < 4.78 is 0. The smallest absolute Gasteiger partial charge is 0.0570 e. The molecule has 110 valence electrons.